The van der Waals surface area contributed by atoms with Gasteiger partial charge in [-0.25, -0.2) is 4.39 Å². The van der Waals surface area contributed by atoms with Crippen molar-refractivity contribution in [2.24, 2.45) is 0 Å². The smallest absolute Gasteiger partial charge is 0.255 e. The number of hydrogen-bond acceptors (Lipinski definition) is 3. The summed E-state index contributed by atoms with van der Waals surface area (Å²) in [5.41, 5.74) is 2.82. The molecule has 0 fully saturated rings. The molecule has 2 unspecified atom stereocenters. The first-order valence-electron chi connectivity index (χ1n) is 11.0. The van der Waals surface area contributed by atoms with E-state index in [1.807, 2.05) is 50.2 Å². The molecule has 1 N–H and O–H groups in total. The molecule has 2 atom stereocenters. The molecule has 0 bridgehead atoms. The molecule has 0 radical (unpaired) electrons. The van der Waals surface area contributed by atoms with Crippen LogP contribution in [0.1, 0.15) is 52.9 Å². The minimum absolute atomic E-state index is 0.0515. The van der Waals surface area contributed by atoms with Gasteiger partial charge in [-0.05, 0) is 60.9 Å². The minimum Gasteiger partial charge on any atom is -0.497 e. The van der Waals surface area contributed by atoms with Gasteiger partial charge in [0.1, 0.15) is 11.6 Å². The maximum atomic E-state index is 13.7. The monoisotopic (exact) mass is 446 g/mol. The van der Waals surface area contributed by atoms with E-state index in [-0.39, 0.29) is 30.2 Å². The van der Waals surface area contributed by atoms with E-state index < -0.39 is 12.0 Å². The normalized spacial score (nSPS) is 17.6. The zero-order chi connectivity index (χ0) is 23.5. The van der Waals surface area contributed by atoms with Gasteiger partial charge in [-0.3, -0.25) is 9.59 Å². The van der Waals surface area contributed by atoms with Gasteiger partial charge in [0.25, 0.3) is 5.91 Å². The maximum absolute atomic E-state index is 13.7. The molecule has 170 valence electrons. The molecule has 5 nitrogen and oxygen atoms in total. The SMILES string of the molecule is COc1ccc(C2C(C(=O)NC(C)C)c3ccccc3C(=O)N2Cc2ccc(F)cc2)cc1. The Morgan fingerprint density at radius 3 is 2.33 bits per heavy atom. The van der Waals surface area contributed by atoms with Crippen LogP contribution in [0.5, 0.6) is 5.75 Å². The number of nitrogens with one attached hydrogen (secondary N) is 1. The summed E-state index contributed by atoms with van der Waals surface area (Å²) < 4.78 is 18.8. The summed E-state index contributed by atoms with van der Waals surface area (Å²) in [5.74, 6) is -0.557. The van der Waals surface area contributed by atoms with Crippen molar-refractivity contribution in [3.8, 4) is 5.75 Å². The summed E-state index contributed by atoms with van der Waals surface area (Å²) in [7, 11) is 1.59. The van der Waals surface area contributed by atoms with Crippen molar-refractivity contribution in [2.45, 2.75) is 38.4 Å². The summed E-state index contributed by atoms with van der Waals surface area (Å²) in [4.78, 5) is 28.9. The van der Waals surface area contributed by atoms with Gasteiger partial charge < -0.3 is 15.0 Å². The number of nitrogens with zero attached hydrogens (tertiary/aromatic N) is 1. The summed E-state index contributed by atoms with van der Waals surface area (Å²) >= 11 is 0. The fraction of sp³-hybridized carbons (Fsp3) is 0.259. The lowest BCUT2D eigenvalue weighted by Gasteiger charge is -2.42. The van der Waals surface area contributed by atoms with E-state index in [0.717, 1.165) is 11.1 Å². The highest BCUT2D eigenvalue weighted by Crippen LogP contribution is 2.44. The lowest BCUT2D eigenvalue weighted by molar-refractivity contribution is -0.124. The molecular formula is C27H27FN2O3. The van der Waals surface area contributed by atoms with Crippen molar-refractivity contribution < 1.29 is 18.7 Å². The number of rotatable bonds is 6. The average molecular weight is 447 g/mol. The van der Waals surface area contributed by atoms with Crippen LogP contribution in [0.4, 0.5) is 4.39 Å². The number of carbonyl (C=O) groups excluding carboxylic acids is 2. The molecule has 33 heavy (non-hydrogen) atoms. The van der Waals surface area contributed by atoms with Crippen molar-refractivity contribution in [3.63, 3.8) is 0 Å². The molecule has 3 aromatic carbocycles. The molecular weight excluding hydrogens is 419 g/mol. The minimum atomic E-state index is -0.602. The highest BCUT2D eigenvalue weighted by atomic mass is 19.1. The molecule has 1 heterocycles. The van der Waals surface area contributed by atoms with Crippen molar-refractivity contribution >= 4 is 11.8 Å². The second-order valence-corrected chi connectivity index (χ2v) is 8.51. The van der Waals surface area contributed by atoms with E-state index >= 15 is 0 Å². The Labute approximate surface area is 193 Å². The van der Waals surface area contributed by atoms with Crippen LogP contribution in [0.3, 0.4) is 0 Å². The highest BCUT2D eigenvalue weighted by molar-refractivity contribution is 6.01. The van der Waals surface area contributed by atoms with Crippen LogP contribution < -0.4 is 10.1 Å². The van der Waals surface area contributed by atoms with Gasteiger partial charge in [0, 0.05) is 18.2 Å². The second-order valence-electron chi connectivity index (χ2n) is 8.51. The van der Waals surface area contributed by atoms with Crippen LogP contribution >= 0.6 is 0 Å². The number of carbonyl (C=O) groups is 2. The van der Waals surface area contributed by atoms with E-state index in [1.165, 1.54) is 12.1 Å². The Balaban J connectivity index is 1.86. The van der Waals surface area contributed by atoms with Gasteiger partial charge in [-0.1, -0.05) is 42.5 Å². The van der Waals surface area contributed by atoms with Crippen LogP contribution in [-0.2, 0) is 11.3 Å². The van der Waals surface area contributed by atoms with Gasteiger partial charge in [0.05, 0.1) is 19.1 Å². The third kappa shape index (κ3) is 4.60. The largest absolute Gasteiger partial charge is 0.497 e. The van der Waals surface area contributed by atoms with Gasteiger partial charge in [0.15, 0.2) is 0 Å². The number of methoxy groups -OCH3 is 1. The fourth-order valence-corrected chi connectivity index (χ4v) is 4.38. The molecule has 0 aromatic heterocycles. The predicted molar refractivity (Wildman–Crippen MR) is 124 cm³/mol. The van der Waals surface area contributed by atoms with E-state index in [2.05, 4.69) is 5.32 Å². The summed E-state index contributed by atoms with van der Waals surface area (Å²) in [6.45, 7) is 4.07. The summed E-state index contributed by atoms with van der Waals surface area (Å²) in [5, 5.41) is 3.03. The first-order valence-corrected chi connectivity index (χ1v) is 11.0. The number of benzene rings is 3. The van der Waals surface area contributed by atoms with Crippen LogP contribution in [0, 0.1) is 5.82 Å². The van der Waals surface area contributed by atoms with Gasteiger partial charge >= 0.3 is 0 Å². The Morgan fingerprint density at radius 2 is 1.70 bits per heavy atom. The first-order chi connectivity index (χ1) is 15.9. The van der Waals surface area contributed by atoms with Gasteiger partial charge in [-0.2, -0.15) is 0 Å². The highest BCUT2D eigenvalue weighted by Gasteiger charge is 2.44. The van der Waals surface area contributed by atoms with E-state index in [9.17, 15) is 14.0 Å². The standard InChI is InChI=1S/C27H27FN2O3/c1-17(2)29-26(31)24-22-6-4-5-7-23(22)27(32)30(16-18-8-12-20(28)13-9-18)25(24)19-10-14-21(33-3)15-11-19/h4-15,17,24-25H,16H2,1-3H3,(H,29,31). The Kier molecular flexibility index (Phi) is 6.45. The summed E-state index contributed by atoms with van der Waals surface area (Å²) in [6.07, 6.45) is 0. The Morgan fingerprint density at radius 1 is 1.03 bits per heavy atom. The van der Waals surface area contributed by atoms with Gasteiger partial charge in [-0.15, -0.1) is 0 Å². The third-order valence-electron chi connectivity index (χ3n) is 5.88. The quantitative estimate of drug-likeness (QED) is 0.590. The second kappa shape index (κ2) is 9.45. The van der Waals surface area contributed by atoms with Gasteiger partial charge in [0.2, 0.25) is 5.91 Å². The Hall–Kier alpha value is -3.67. The molecule has 3 aromatic rings. The zero-order valence-corrected chi connectivity index (χ0v) is 18.9. The zero-order valence-electron chi connectivity index (χ0n) is 18.9. The number of fused-ring (bicyclic) bond motifs is 1. The van der Waals surface area contributed by atoms with Crippen LogP contribution in [-0.4, -0.2) is 29.9 Å². The topological polar surface area (TPSA) is 58.6 Å². The molecule has 0 spiro atoms. The van der Waals surface area contributed by atoms with Crippen molar-refractivity contribution in [3.05, 3.63) is 101 Å². The van der Waals surface area contributed by atoms with Crippen molar-refractivity contribution in [1.29, 1.82) is 0 Å². The van der Waals surface area contributed by atoms with Crippen molar-refractivity contribution in [2.75, 3.05) is 7.11 Å². The molecule has 1 aliphatic heterocycles. The van der Waals surface area contributed by atoms with Crippen LogP contribution in [0.15, 0.2) is 72.8 Å². The lowest BCUT2D eigenvalue weighted by Crippen LogP contribution is -2.48. The molecule has 1 aliphatic rings. The van der Waals surface area contributed by atoms with Crippen molar-refractivity contribution in [1.82, 2.24) is 10.2 Å². The Bertz CT molecular complexity index is 1140. The average Bonchev–Trinajstić information content (AvgIpc) is 2.81. The number of ether oxygens (including phenoxy) is 1. The molecule has 0 saturated carbocycles. The number of amides is 2. The first kappa shape index (κ1) is 22.5. The van der Waals surface area contributed by atoms with E-state index in [0.29, 0.717) is 16.9 Å². The van der Waals surface area contributed by atoms with E-state index in [4.69, 9.17) is 4.74 Å². The van der Waals surface area contributed by atoms with Crippen LogP contribution in [0.2, 0.25) is 0 Å². The van der Waals surface area contributed by atoms with Crippen LogP contribution in [0.25, 0.3) is 0 Å². The number of hydrogen-bond donors (Lipinski definition) is 1. The molecule has 0 saturated heterocycles. The number of halogens is 1. The maximum Gasteiger partial charge on any atom is 0.255 e. The van der Waals surface area contributed by atoms with E-state index in [1.54, 1.807) is 36.3 Å². The third-order valence-corrected chi connectivity index (χ3v) is 5.88. The predicted octanol–water partition coefficient (Wildman–Crippen LogP) is 4.84. The molecule has 0 aliphatic carbocycles. The lowest BCUT2D eigenvalue weighted by atomic mass is 9.78. The molecule has 6 heteroatoms. The molecule has 2 amide bonds. The summed E-state index contributed by atoms with van der Waals surface area (Å²) in [6, 6.07) is 20.2. The fourth-order valence-electron chi connectivity index (χ4n) is 4.38. The molecule has 4 rings (SSSR count).